The summed E-state index contributed by atoms with van der Waals surface area (Å²) in [7, 11) is 1.69. The van der Waals surface area contributed by atoms with Crippen LogP contribution in [-0.2, 0) is 7.05 Å². The first-order chi connectivity index (χ1) is 7.29. The molecule has 3 rings (SSSR count). The van der Waals surface area contributed by atoms with Gasteiger partial charge in [-0.15, -0.1) is 10.2 Å². The Morgan fingerprint density at radius 1 is 1.27 bits per heavy atom. The number of aryl methyl sites for hydroxylation is 1. The minimum absolute atomic E-state index is 0.0499. The summed E-state index contributed by atoms with van der Waals surface area (Å²) < 4.78 is 3.30. The van der Waals surface area contributed by atoms with Gasteiger partial charge in [0.05, 0.1) is 10.9 Å². The Balaban J connectivity index is 2.77. The van der Waals surface area contributed by atoms with E-state index in [1.165, 1.54) is 4.57 Å². The molecule has 0 aliphatic heterocycles. The molecular weight excluding hydrogens is 192 g/mol. The molecule has 3 aromatic rings. The van der Waals surface area contributed by atoms with E-state index in [9.17, 15) is 4.79 Å². The van der Waals surface area contributed by atoms with Gasteiger partial charge >= 0.3 is 0 Å². The van der Waals surface area contributed by atoms with Crippen molar-refractivity contribution in [3.8, 4) is 0 Å². The molecule has 74 valence electrons. The second-order valence-electron chi connectivity index (χ2n) is 3.38. The Morgan fingerprint density at radius 2 is 2.07 bits per heavy atom. The fraction of sp³-hybridized carbons (Fsp3) is 0.100. The van der Waals surface area contributed by atoms with E-state index in [1.54, 1.807) is 23.8 Å². The van der Waals surface area contributed by atoms with Crippen LogP contribution in [0.25, 0.3) is 16.7 Å². The van der Waals surface area contributed by atoms with Gasteiger partial charge in [-0.05, 0) is 12.1 Å². The maximum absolute atomic E-state index is 11.9. The Morgan fingerprint density at radius 3 is 2.93 bits per heavy atom. The number of hydrogen-bond donors (Lipinski definition) is 0. The first-order valence-corrected chi connectivity index (χ1v) is 4.56. The molecule has 2 aromatic heterocycles. The fourth-order valence-corrected chi connectivity index (χ4v) is 1.76. The molecule has 0 amide bonds. The van der Waals surface area contributed by atoms with Crippen LogP contribution in [0.2, 0.25) is 0 Å². The van der Waals surface area contributed by atoms with Crippen molar-refractivity contribution in [3.63, 3.8) is 0 Å². The lowest BCUT2D eigenvalue weighted by molar-refractivity contribution is 0.859. The summed E-state index contributed by atoms with van der Waals surface area (Å²) >= 11 is 0. The van der Waals surface area contributed by atoms with Gasteiger partial charge in [-0.25, -0.2) is 0 Å². The highest BCUT2D eigenvalue weighted by atomic mass is 16.1. The summed E-state index contributed by atoms with van der Waals surface area (Å²) in [6.07, 6.45) is 1.61. The lowest BCUT2D eigenvalue weighted by Crippen LogP contribution is -2.19. The number of fused-ring (bicyclic) bond motifs is 3. The number of rotatable bonds is 0. The summed E-state index contributed by atoms with van der Waals surface area (Å²) in [5.74, 6) is 0.554. The van der Waals surface area contributed by atoms with E-state index in [0.717, 1.165) is 5.52 Å². The fourth-order valence-electron chi connectivity index (χ4n) is 1.76. The van der Waals surface area contributed by atoms with Crippen molar-refractivity contribution in [2.45, 2.75) is 0 Å². The number of hydrogen-bond acceptors (Lipinski definition) is 3. The Kier molecular flexibility index (Phi) is 1.45. The average molecular weight is 200 g/mol. The van der Waals surface area contributed by atoms with Crippen molar-refractivity contribution in [1.82, 2.24) is 19.2 Å². The van der Waals surface area contributed by atoms with Gasteiger partial charge in [0.2, 0.25) is 5.78 Å². The van der Waals surface area contributed by atoms with Crippen LogP contribution in [0.15, 0.2) is 35.4 Å². The van der Waals surface area contributed by atoms with Gasteiger partial charge in [0.25, 0.3) is 5.56 Å². The van der Waals surface area contributed by atoms with Gasteiger partial charge in [0, 0.05) is 7.05 Å². The van der Waals surface area contributed by atoms with Crippen LogP contribution in [0.1, 0.15) is 0 Å². The molecule has 0 atom stereocenters. The van der Waals surface area contributed by atoms with Crippen LogP contribution in [0, 0.1) is 0 Å². The molecule has 0 saturated carbocycles. The summed E-state index contributed by atoms with van der Waals surface area (Å²) in [5.41, 5.74) is 0.784. The Hall–Kier alpha value is -2.17. The number of para-hydroxylation sites is 1. The summed E-state index contributed by atoms with van der Waals surface area (Å²) in [6.45, 7) is 0. The minimum atomic E-state index is -0.0499. The van der Waals surface area contributed by atoms with Gasteiger partial charge < -0.3 is 0 Å². The van der Waals surface area contributed by atoms with Crippen molar-refractivity contribution in [2.24, 2.45) is 7.05 Å². The van der Waals surface area contributed by atoms with E-state index in [0.29, 0.717) is 11.2 Å². The number of aromatic nitrogens is 4. The molecule has 0 bridgehead atoms. The van der Waals surface area contributed by atoms with E-state index >= 15 is 0 Å². The van der Waals surface area contributed by atoms with E-state index in [2.05, 4.69) is 10.2 Å². The maximum Gasteiger partial charge on any atom is 0.262 e. The zero-order valence-corrected chi connectivity index (χ0v) is 8.08. The SMILES string of the molecule is Cn1c(=O)c2ccccc2n2cnnc12. The first kappa shape index (κ1) is 8.16. The second-order valence-corrected chi connectivity index (χ2v) is 3.38. The highest BCUT2D eigenvalue weighted by molar-refractivity contribution is 5.79. The van der Waals surface area contributed by atoms with Crippen LogP contribution < -0.4 is 5.56 Å². The van der Waals surface area contributed by atoms with Crippen LogP contribution in [-0.4, -0.2) is 19.2 Å². The largest absolute Gasteiger partial charge is 0.279 e. The predicted molar refractivity (Wildman–Crippen MR) is 55.7 cm³/mol. The molecule has 0 aliphatic carbocycles. The van der Waals surface area contributed by atoms with E-state index in [1.807, 2.05) is 18.2 Å². The van der Waals surface area contributed by atoms with Gasteiger partial charge in [-0.2, -0.15) is 0 Å². The molecule has 0 aliphatic rings. The third kappa shape index (κ3) is 0.942. The van der Waals surface area contributed by atoms with E-state index in [-0.39, 0.29) is 5.56 Å². The van der Waals surface area contributed by atoms with Crippen molar-refractivity contribution >= 4 is 16.7 Å². The highest BCUT2D eigenvalue weighted by Gasteiger charge is 2.07. The first-order valence-electron chi connectivity index (χ1n) is 4.56. The van der Waals surface area contributed by atoms with Gasteiger partial charge in [0.1, 0.15) is 6.33 Å². The summed E-state index contributed by atoms with van der Waals surface area (Å²) in [5, 5.41) is 8.39. The Labute approximate surface area is 84.6 Å². The second kappa shape index (κ2) is 2.66. The van der Waals surface area contributed by atoms with Gasteiger partial charge in [0.15, 0.2) is 0 Å². The molecule has 0 fully saturated rings. The van der Waals surface area contributed by atoms with Gasteiger partial charge in [-0.1, -0.05) is 12.1 Å². The number of nitrogens with zero attached hydrogens (tertiary/aromatic N) is 4. The molecule has 1 aromatic carbocycles. The zero-order valence-electron chi connectivity index (χ0n) is 8.08. The molecule has 0 spiro atoms. The summed E-state index contributed by atoms with van der Waals surface area (Å²) in [6, 6.07) is 7.42. The predicted octanol–water partition coefficient (Wildman–Crippen LogP) is 0.581. The van der Waals surface area contributed by atoms with E-state index < -0.39 is 0 Å². The van der Waals surface area contributed by atoms with Crippen molar-refractivity contribution in [2.75, 3.05) is 0 Å². The molecule has 0 N–H and O–H groups in total. The van der Waals surface area contributed by atoms with Crippen molar-refractivity contribution < 1.29 is 0 Å². The standard InChI is InChI=1S/C10H8N4O/c1-13-9(15)7-4-2-3-5-8(7)14-6-11-12-10(13)14/h2-6H,1H3. The zero-order chi connectivity index (χ0) is 10.4. The van der Waals surface area contributed by atoms with Crippen LogP contribution in [0.5, 0.6) is 0 Å². The monoisotopic (exact) mass is 200 g/mol. The molecule has 0 saturated heterocycles. The molecule has 5 nitrogen and oxygen atoms in total. The van der Waals surface area contributed by atoms with Crippen LogP contribution >= 0.6 is 0 Å². The van der Waals surface area contributed by atoms with Crippen molar-refractivity contribution in [3.05, 3.63) is 40.9 Å². The molecule has 5 heteroatoms. The third-order valence-corrected chi connectivity index (χ3v) is 2.53. The van der Waals surface area contributed by atoms with E-state index in [4.69, 9.17) is 0 Å². The van der Waals surface area contributed by atoms with Crippen LogP contribution in [0.3, 0.4) is 0 Å². The smallest absolute Gasteiger partial charge is 0.262 e. The maximum atomic E-state index is 11.9. The molecule has 2 heterocycles. The van der Waals surface area contributed by atoms with Crippen LogP contribution in [0.4, 0.5) is 0 Å². The lowest BCUT2D eigenvalue weighted by atomic mass is 10.2. The molecule has 15 heavy (non-hydrogen) atoms. The lowest BCUT2D eigenvalue weighted by Gasteiger charge is -2.04. The Bertz CT molecular complexity index is 710. The topological polar surface area (TPSA) is 52.2 Å². The summed E-state index contributed by atoms with van der Waals surface area (Å²) in [4.78, 5) is 11.9. The highest BCUT2D eigenvalue weighted by Crippen LogP contribution is 2.10. The van der Waals surface area contributed by atoms with Gasteiger partial charge in [-0.3, -0.25) is 13.8 Å². The van der Waals surface area contributed by atoms with Crippen molar-refractivity contribution in [1.29, 1.82) is 0 Å². The average Bonchev–Trinajstić information content (AvgIpc) is 2.75. The minimum Gasteiger partial charge on any atom is -0.279 e. The third-order valence-electron chi connectivity index (χ3n) is 2.53. The normalized spacial score (nSPS) is 11.3. The molecule has 0 radical (unpaired) electrons. The molecule has 0 unspecified atom stereocenters. The number of benzene rings is 1. The molecular formula is C10H8N4O. The quantitative estimate of drug-likeness (QED) is 0.533.